The normalized spacial score (nSPS) is 11.0. The lowest BCUT2D eigenvalue weighted by Gasteiger charge is -2.06. The van der Waals surface area contributed by atoms with E-state index in [0.29, 0.717) is 5.11 Å². The van der Waals surface area contributed by atoms with Gasteiger partial charge in [-0.25, -0.2) is 0 Å². The van der Waals surface area contributed by atoms with Gasteiger partial charge in [-0.3, -0.25) is 5.43 Å². The number of hydrogen-bond donors (Lipinski definition) is 3. The molecule has 0 aliphatic heterocycles. The standard InChI is InChI=1S/C19H20N4S/c1-14-17(16-9-5-6-10-18(16)22-14)13-21-23-19(24)20-12-11-15-7-3-2-4-8-15/h2-10,13,22H,11-12H2,1H3,(H2,20,23,24)/b21-13+. The zero-order chi connectivity index (χ0) is 16.8. The Labute approximate surface area is 147 Å². The van der Waals surface area contributed by atoms with Crippen LogP contribution in [-0.4, -0.2) is 22.9 Å². The molecule has 0 saturated heterocycles. The molecule has 0 aliphatic rings. The summed E-state index contributed by atoms with van der Waals surface area (Å²) in [7, 11) is 0. The summed E-state index contributed by atoms with van der Waals surface area (Å²) in [6.07, 6.45) is 2.73. The van der Waals surface area contributed by atoms with Crippen molar-refractivity contribution >= 4 is 34.4 Å². The SMILES string of the molecule is Cc1[nH]c2ccccc2c1/C=N/NC(=S)NCCc1ccccc1. The molecule has 5 heteroatoms. The quantitative estimate of drug-likeness (QED) is 0.380. The van der Waals surface area contributed by atoms with Gasteiger partial charge in [0.1, 0.15) is 0 Å². The molecule has 0 spiro atoms. The fourth-order valence-corrected chi connectivity index (χ4v) is 2.78. The van der Waals surface area contributed by atoms with Crippen LogP contribution in [0.3, 0.4) is 0 Å². The summed E-state index contributed by atoms with van der Waals surface area (Å²) >= 11 is 5.25. The van der Waals surface area contributed by atoms with E-state index in [4.69, 9.17) is 12.2 Å². The van der Waals surface area contributed by atoms with E-state index in [0.717, 1.165) is 35.1 Å². The van der Waals surface area contributed by atoms with Gasteiger partial charge in [0.15, 0.2) is 5.11 Å². The van der Waals surface area contributed by atoms with Crippen molar-refractivity contribution in [3.05, 3.63) is 71.4 Å². The molecule has 0 radical (unpaired) electrons. The molecule has 3 aromatic rings. The zero-order valence-corrected chi connectivity index (χ0v) is 14.4. The van der Waals surface area contributed by atoms with Gasteiger partial charge in [0.05, 0.1) is 6.21 Å². The van der Waals surface area contributed by atoms with Crippen LogP contribution in [0, 0.1) is 6.92 Å². The second-order valence-electron chi connectivity index (χ2n) is 5.57. The first-order valence-corrected chi connectivity index (χ1v) is 8.33. The third-order valence-electron chi connectivity index (χ3n) is 3.85. The van der Waals surface area contributed by atoms with E-state index in [-0.39, 0.29) is 0 Å². The Bertz CT molecular complexity index is 852. The lowest BCUT2D eigenvalue weighted by Crippen LogP contribution is -2.33. The van der Waals surface area contributed by atoms with Crippen LogP contribution in [0.2, 0.25) is 0 Å². The van der Waals surface area contributed by atoms with Gasteiger partial charge in [0.2, 0.25) is 0 Å². The number of nitrogens with one attached hydrogen (secondary N) is 3. The Hall–Kier alpha value is -2.66. The van der Waals surface area contributed by atoms with Gasteiger partial charge in [-0.05, 0) is 37.2 Å². The summed E-state index contributed by atoms with van der Waals surface area (Å²) in [5.41, 5.74) is 7.43. The molecular weight excluding hydrogens is 316 g/mol. The lowest BCUT2D eigenvalue weighted by atomic mass is 10.1. The molecule has 0 bridgehead atoms. The van der Waals surface area contributed by atoms with Crippen molar-refractivity contribution in [1.29, 1.82) is 0 Å². The van der Waals surface area contributed by atoms with Crippen LogP contribution >= 0.6 is 12.2 Å². The third-order valence-corrected chi connectivity index (χ3v) is 4.08. The number of aryl methyl sites for hydroxylation is 1. The highest BCUT2D eigenvalue weighted by atomic mass is 32.1. The summed E-state index contributed by atoms with van der Waals surface area (Å²) in [6, 6.07) is 18.5. The van der Waals surface area contributed by atoms with Crippen molar-refractivity contribution in [3.8, 4) is 0 Å². The molecule has 3 N–H and O–H groups in total. The summed E-state index contributed by atoms with van der Waals surface area (Å²) in [6.45, 7) is 2.81. The first-order valence-electron chi connectivity index (χ1n) is 7.92. The average Bonchev–Trinajstić information content (AvgIpc) is 2.92. The van der Waals surface area contributed by atoms with Crippen molar-refractivity contribution in [3.63, 3.8) is 0 Å². The molecule has 0 atom stereocenters. The van der Waals surface area contributed by atoms with E-state index in [1.807, 2.05) is 37.3 Å². The number of thiocarbonyl (C=S) groups is 1. The molecule has 4 nitrogen and oxygen atoms in total. The fourth-order valence-electron chi connectivity index (χ4n) is 2.62. The minimum atomic E-state index is 0.527. The van der Waals surface area contributed by atoms with Crippen molar-refractivity contribution in [2.24, 2.45) is 5.10 Å². The predicted octanol–water partition coefficient (Wildman–Crippen LogP) is 3.52. The maximum atomic E-state index is 5.25. The van der Waals surface area contributed by atoms with E-state index in [1.54, 1.807) is 6.21 Å². The van der Waals surface area contributed by atoms with Crippen LogP contribution in [0.15, 0.2) is 59.7 Å². The second kappa shape index (κ2) is 7.75. The molecule has 24 heavy (non-hydrogen) atoms. The van der Waals surface area contributed by atoms with Crippen LogP contribution < -0.4 is 10.7 Å². The number of benzene rings is 2. The smallest absolute Gasteiger partial charge is 0.186 e. The van der Waals surface area contributed by atoms with E-state index in [9.17, 15) is 0 Å². The number of para-hydroxylation sites is 1. The Balaban J connectivity index is 1.52. The zero-order valence-electron chi connectivity index (χ0n) is 13.5. The molecule has 2 aromatic carbocycles. The summed E-state index contributed by atoms with van der Waals surface area (Å²) in [5, 5.41) is 9.10. The van der Waals surface area contributed by atoms with Gasteiger partial charge in [-0.2, -0.15) is 5.10 Å². The number of hydrogen-bond acceptors (Lipinski definition) is 2. The highest BCUT2D eigenvalue weighted by molar-refractivity contribution is 7.80. The Morgan fingerprint density at radius 2 is 1.88 bits per heavy atom. The number of hydrazone groups is 1. The fraction of sp³-hybridized carbons (Fsp3) is 0.158. The molecule has 0 aliphatic carbocycles. The summed E-state index contributed by atoms with van der Waals surface area (Å²) in [4.78, 5) is 3.35. The van der Waals surface area contributed by atoms with Gasteiger partial charge in [-0.1, -0.05) is 48.5 Å². The van der Waals surface area contributed by atoms with Gasteiger partial charge >= 0.3 is 0 Å². The van der Waals surface area contributed by atoms with Gasteiger partial charge in [-0.15, -0.1) is 0 Å². The summed E-state index contributed by atoms with van der Waals surface area (Å²) in [5.74, 6) is 0. The molecule has 122 valence electrons. The van der Waals surface area contributed by atoms with E-state index >= 15 is 0 Å². The lowest BCUT2D eigenvalue weighted by molar-refractivity contribution is 0.838. The molecule has 0 amide bonds. The van der Waals surface area contributed by atoms with Gasteiger partial charge in [0, 0.05) is 28.7 Å². The Morgan fingerprint density at radius 3 is 2.71 bits per heavy atom. The number of aromatic nitrogens is 1. The first-order chi connectivity index (χ1) is 11.7. The van der Waals surface area contributed by atoms with E-state index in [1.165, 1.54) is 5.56 Å². The number of H-pyrrole nitrogens is 1. The number of fused-ring (bicyclic) bond motifs is 1. The first kappa shape index (κ1) is 16.2. The molecule has 1 heterocycles. The minimum Gasteiger partial charge on any atom is -0.361 e. The number of nitrogens with zero attached hydrogens (tertiary/aromatic N) is 1. The molecule has 3 rings (SSSR count). The molecule has 0 unspecified atom stereocenters. The molecule has 1 aromatic heterocycles. The monoisotopic (exact) mass is 336 g/mol. The van der Waals surface area contributed by atoms with Crippen LogP contribution in [-0.2, 0) is 6.42 Å². The van der Waals surface area contributed by atoms with Crippen LogP contribution in [0.25, 0.3) is 10.9 Å². The van der Waals surface area contributed by atoms with Gasteiger partial charge < -0.3 is 10.3 Å². The van der Waals surface area contributed by atoms with Crippen molar-refractivity contribution < 1.29 is 0 Å². The van der Waals surface area contributed by atoms with Crippen molar-refractivity contribution in [2.75, 3.05) is 6.54 Å². The van der Waals surface area contributed by atoms with Crippen molar-refractivity contribution in [2.45, 2.75) is 13.3 Å². The number of rotatable bonds is 5. The molecule has 0 saturated carbocycles. The molecule has 0 fully saturated rings. The Kier molecular flexibility index (Phi) is 5.23. The van der Waals surface area contributed by atoms with Crippen LogP contribution in [0.5, 0.6) is 0 Å². The second-order valence-corrected chi connectivity index (χ2v) is 5.98. The topological polar surface area (TPSA) is 52.2 Å². The largest absolute Gasteiger partial charge is 0.361 e. The predicted molar refractivity (Wildman–Crippen MR) is 105 cm³/mol. The van der Waals surface area contributed by atoms with Crippen molar-refractivity contribution in [1.82, 2.24) is 15.7 Å². The van der Waals surface area contributed by atoms with Crippen LogP contribution in [0.1, 0.15) is 16.8 Å². The number of aromatic amines is 1. The highest BCUT2D eigenvalue weighted by Crippen LogP contribution is 2.19. The molecular formula is C19H20N4S. The highest BCUT2D eigenvalue weighted by Gasteiger charge is 2.05. The van der Waals surface area contributed by atoms with Gasteiger partial charge in [0.25, 0.3) is 0 Å². The third kappa shape index (κ3) is 4.00. The Morgan fingerprint density at radius 1 is 1.12 bits per heavy atom. The maximum Gasteiger partial charge on any atom is 0.186 e. The van der Waals surface area contributed by atoms with E-state index in [2.05, 4.69) is 45.1 Å². The van der Waals surface area contributed by atoms with E-state index < -0.39 is 0 Å². The summed E-state index contributed by atoms with van der Waals surface area (Å²) < 4.78 is 0. The minimum absolute atomic E-state index is 0.527. The van der Waals surface area contributed by atoms with Crippen LogP contribution in [0.4, 0.5) is 0 Å². The maximum absolute atomic E-state index is 5.25. The average molecular weight is 336 g/mol.